The lowest BCUT2D eigenvalue weighted by molar-refractivity contribution is -0.385. The Labute approximate surface area is 116 Å². The molecule has 0 unspecified atom stereocenters. The van der Waals surface area contributed by atoms with E-state index in [1.165, 1.54) is 23.1 Å². The zero-order valence-corrected chi connectivity index (χ0v) is 11.2. The van der Waals surface area contributed by atoms with Gasteiger partial charge in [0.1, 0.15) is 6.04 Å². The molecule has 6 nitrogen and oxygen atoms in total. The van der Waals surface area contributed by atoms with Crippen LogP contribution in [0, 0.1) is 10.1 Å². The molecule has 3 rings (SSSR count). The van der Waals surface area contributed by atoms with E-state index < -0.39 is 11.0 Å². The molecule has 2 heterocycles. The molecule has 1 saturated heterocycles. The number of hydrogen-bond donors (Lipinski definition) is 0. The number of nitro benzene ring substituents is 1. The number of thioether (sulfide) groups is 2. The van der Waals surface area contributed by atoms with Gasteiger partial charge in [0, 0.05) is 22.8 Å². The van der Waals surface area contributed by atoms with Crippen LogP contribution in [-0.2, 0) is 4.79 Å². The maximum atomic E-state index is 12.3. The average molecular weight is 296 g/mol. The fourth-order valence-corrected chi connectivity index (χ4v) is 4.32. The van der Waals surface area contributed by atoms with Crippen LogP contribution in [0.3, 0.4) is 0 Å². The maximum absolute atomic E-state index is 12.3. The summed E-state index contributed by atoms with van der Waals surface area (Å²) in [5.41, 5.74) is 0.261. The summed E-state index contributed by atoms with van der Waals surface area (Å²) in [6.07, 6.45) is 0. The Hall–Kier alpha value is -1.54. The van der Waals surface area contributed by atoms with Gasteiger partial charge < -0.3 is 4.90 Å². The molecule has 98 valence electrons. The third kappa shape index (κ3) is 2.00. The summed E-state index contributed by atoms with van der Waals surface area (Å²) < 4.78 is 0. The van der Waals surface area contributed by atoms with E-state index in [1.54, 1.807) is 11.8 Å². The van der Waals surface area contributed by atoms with E-state index >= 15 is 0 Å². The fourth-order valence-electron chi connectivity index (χ4n) is 2.05. The van der Waals surface area contributed by atoms with Crippen molar-refractivity contribution < 1.29 is 14.5 Å². The molecular formula is C11H8N2O4S2. The van der Waals surface area contributed by atoms with Crippen LogP contribution in [-0.4, -0.2) is 38.5 Å². The second-order valence-electron chi connectivity index (χ2n) is 4.15. The summed E-state index contributed by atoms with van der Waals surface area (Å²) in [5, 5.41) is 10.6. The van der Waals surface area contributed by atoms with Gasteiger partial charge in [0.15, 0.2) is 0 Å². The summed E-state index contributed by atoms with van der Waals surface area (Å²) in [6.45, 7) is 0. The smallest absolute Gasteiger partial charge is 0.270 e. The van der Waals surface area contributed by atoms with E-state index in [-0.39, 0.29) is 16.7 Å². The van der Waals surface area contributed by atoms with E-state index in [2.05, 4.69) is 0 Å². The SMILES string of the molecule is O=C1Sc2cc([N+](=O)[O-])ccc2C(=O)N2CSC[C@@H]12. The highest BCUT2D eigenvalue weighted by molar-refractivity contribution is 8.14. The Morgan fingerprint density at radius 1 is 1.37 bits per heavy atom. The number of carbonyl (C=O) groups is 2. The summed E-state index contributed by atoms with van der Waals surface area (Å²) in [5.74, 6) is 0.859. The second kappa shape index (κ2) is 4.53. The molecule has 2 aliphatic heterocycles. The lowest BCUT2D eigenvalue weighted by Crippen LogP contribution is -2.39. The van der Waals surface area contributed by atoms with E-state index in [0.29, 0.717) is 22.1 Å². The van der Waals surface area contributed by atoms with Gasteiger partial charge in [-0.05, 0) is 17.8 Å². The molecule has 1 aromatic rings. The standard InChI is InChI=1S/C11H8N2O4S2/c14-10-7-2-1-6(13(16)17)3-9(7)19-11(15)8-4-18-5-12(8)10/h1-3,8H,4-5H2/t8-/m0/s1. The molecule has 0 bridgehead atoms. The maximum Gasteiger partial charge on any atom is 0.270 e. The van der Waals surface area contributed by atoms with Crippen molar-refractivity contribution >= 4 is 40.2 Å². The largest absolute Gasteiger partial charge is 0.318 e. The van der Waals surface area contributed by atoms with Gasteiger partial charge in [-0.25, -0.2) is 0 Å². The van der Waals surface area contributed by atoms with Crippen LogP contribution < -0.4 is 0 Å². The summed E-state index contributed by atoms with van der Waals surface area (Å²) in [7, 11) is 0. The first kappa shape index (κ1) is 12.5. The van der Waals surface area contributed by atoms with Crippen LogP contribution >= 0.6 is 23.5 Å². The Balaban J connectivity index is 2.09. The van der Waals surface area contributed by atoms with E-state index in [1.807, 2.05) is 0 Å². The van der Waals surface area contributed by atoms with Crippen molar-refractivity contribution in [1.82, 2.24) is 4.90 Å². The minimum atomic E-state index is -0.530. The number of nitro groups is 1. The highest BCUT2D eigenvalue weighted by atomic mass is 32.2. The predicted molar refractivity (Wildman–Crippen MR) is 71.2 cm³/mol. The highest BCUT2D eigenvalue weighted by Crippen LogP contribution is 2.37. The number of carbonyl (C=O) groups excluding carboxylic acids is 2. The summed E-state index contributed by atoms with van der Waals surface area (Å²) in [6, 6.07) is 3.60. The quantitative estimate of drug-likeness (QED) is 0.580. The number of fused-ring (bicyclic) bond motifs is 2. The molecule has 8 heteroatoms. The Morgan fingerprint density at radius 2 is 2.16 bits per heavy atom. The average Bonchev–Trinajstić information content (AvgIpc) is 2.83. The third-order valence-electron chi connectivity index (χ3n) is 3.03. The predicted octanol–water partition coefficient (Wildman–Crippen LogP) is 1.74. The van der Waals surface area contributed by atoms with Gasteiger partial charge in [0.05, 0.1) is 16.4 Å². The van der Waals surface area contributed by atoms with Crippen LogP contribution in [0.25, 0.3) is 0 Å². The van der Waals surface area contributed by atoms with Gasteiger partial charge in [-0.3, -0.25) is 19.7 Å². The molecular weight excluding hydrogens is 288 g/mol. The number of nitrogens with zero attached hydrogens (tertiary/aromatic N) is 2. The summed E-state index contributed by atoms with van der Waals surface area (Å²) >= 11 is 2.47. The molecule has 0 radical (unpaired) electrons. The monoisotopic (exact) mass is 296 g/mol. The molecule has 1 atom stereocenters. The summed E-state index contributed by atoms with van der Waals surface area (Å²) in [4.78, 5) is 36.5. The first-order valence-electron chi connectivity index (χ1n) is 5.47. The minimum absolute atomic E-state index is 0.108. The van der Waals surface area contributed by atoms with E-state index in [0.717, 1.165) is 11.8 Å². The molecule has 2 aliphatic rings. The van der Waals surface area contributed by atoms with Gasteiger partial charge in [0.2, 0.25) is 5.12 Å². The highest BCUT2D eigenvalue weighted by Gasteiger charge is 2.39. The second-order valence-corrected chi connectivity index (χ2v) is 6.20. The van der Waals surface area contributed by atoms with Crippen molar-refractivity contribution in [2.45, 2.75) is 10.9 Å². The minimum Gasteiger partial charge on any atom is -0.318 e. The number of rotatable bonds is 1. The van der Waals surface area contributed by atoms with Crippen LogP contribution in [0.4, 0.5) is 5.69 Å². The Bertz CT molecular complexity index is 604. The Morgan fingerprint density at radius 3 is 2.89 bits per heavy atom. The third-order valence-corrected chi connectivity index (χ3v) is 5.08. The van der Waals surface area contributed by atoms with Gasteiger partial charge in [-0.2, -0.15) is 0 Å². The zero-order valence-electron chi connectivity index (χ0n) is 9.57. The molecule has 0 spiro atoms. The molecule has 1 fully saturated rings. The molecule has 1 amide bonds. The van der Waals surface area contributed by atoms with Crippen molar-refractivity contribution in [3.63, 3.8) is 0 Å². The van der Waals surface area contributed by atoms with Crippen LogP contribution in [0.2, 0.25) is 0 Å². The van der Waals surface area contributed by atoms with Crippen LogP contribution in [0.15, 0.2) is 23.1 Å². The van der Waals surface area contributed by atoms with Crippen molar-refractivity contribution in [2.75, 3.05) is 11.6 Å². The molecule has 0 N–H and O–H groups in total. The van der Waals surface area contributed by atoms with Crippen molar-refractivity contribution in [3.05, 3.63) is 33.9 Å². The van der Waals surface area contributed by atoms with Crippen LogP contribution in [0.1, 0.15) is 10.4 Å². The van der Waals surface area contributed by atoms with Gasteiger partial charge in [0.25, 0.3) is 11.6 Å². The van der Waals surface area contributed by atoms with Crippen molar-refractivity contribution in [3.8, 4) is 0 Å². The van der Waals surface area contributed by atoms with Gasteiger partial charge in [-0.15, -0.1) is 11.8 Å². The molecule has 19 heavy (non-hydrogen) atoms. The lowest BCUT2D eigenvalue weighted by atomic mass is 10.1. The molecule has 0 saturated carbocycles. The van der Waals surface area contributed by atoms with E-state index in [9.17, 15) is 19.7 Å². The van der Waals surface area contributed by atoms with E-state index in [4.69, 9.17) is 0 Å². The number of benzene rings is 1. The lowest BCUT2D eigenvalue weighted by Gasteiger charge is -2.18. The molecule has 0 aliphatic carbocycles. The van der Waals surface area contributed by atoms with Gasteiger partial charge >= 0.3 is 0 Å². The van der Waals surface area contributed by atoms with Crippen molar-refractivity contribution in [2.24, 2.45) is 0 Å². The first-order chi connectivity index (χ1) is 9.08. The molecule has 0 aromatic heterocycles. The van der Waals surface area contributed by atoms with Crippen molar-refractivity contribution in [1.29, 1.82) is 0 Å². The topological polar surface area (TPSA) is 80.5 Å². The Kier molecular flexibility index (Phi) is 2.98. The number of hydrogen-bond acceptors (Lipinski definition) is 6. The number of non-ortho nitro benzene ring substituents is 1. The van der Waals surface area contributed by atoms with Crippen LogP contribution in [0.5, 0.6) is 0 Å². The number of amides is 1. The van der Waals surface area contributed by atoms with Gasteiger partial charge in [-0.1, -0.05) is 0 Å². The first-order valence-corrected chi connectivity index (χ1v) is 7.44. The normalized spacial score (nSPS) is 21.9. The zero-order chi connectivity index (χ0) is 13.6. The molecule has 1 aromatic carbocycles. The fraction of sp³-hybridized carbons (Fsp3) is 0.273.